The van der Waals surface area contributed by atoms with Gasteiger partial charge in [0.15, 0.2) is 11.5 Å². The third kappa shape index (κ3) is 4.01. The Morgan fingerprint density at radius 2 is 1.71 bits per heavy atom. The van der Waals surface area contributed by atoms with Gasteiger partial charge >= 0.3 is 0 Å². The predicted molar refractivity (Wildman–Crippen MR) is 87.6 cm³/mol. The molecule has 2 aromatic rings. The zero-order valence-corrected chi connectivity index (χ0v) is 13.5. The van der Waals surface area contributed by atoms with E-state index in [4.69, 9.17) is 14.2 Å². The number of hydrogen-bond donors (Lipinski definition) is 1. The highest BCUT2D eigenvalue weighted by molar-refractivity contribution is 5.95. The second-order valence-corrected chi connectivity index (χ2v) is 4.66. The Balaban J connectivity index is 2.17. The summed E-state index contributed by atoms with van der Waals surface area (Å²) in [5.74, 6) is 0.487. The molecule has 0 bridgehead atoms. The van der Waals surface area contributed by atoms with Crippen molar-refractivity contribution in [2.75, 3.05) is 21.3 Å². The van der Waals surface area contributed by atoms with Crippen LogP contribution < -0.4 is 19.6 Å². The standard InChI is InChI=1S/C17H17FN2O4/c1-22-14-9-16(24-3)15(23-2)8-12(14)10-19-20-17(21)11-5-4-6-13(18)7-11/h4-10H,1-3H3,(H,20,21)/b19-10+. The first-order valence-electron chi connectivity index (χ1n) is 6.98. The molecule has 0 aliphatic carbocycles. The lowest BCUT2D eigenvalue weighted by molar-refractivity contribution is 0.0954. The topological polar surface area (TPSA) is 69.2 Å². The second-order valence-electron chi connectivity index (χ2n) is 4.66. The number of hydrazone groups is 1. The lowest BCUT2D eigenvalue weighted by Gasteiger charge is -2.11. The van der Waals surface area contributed by atoms with Gasteiger partial charge < -0.3 is 14.2 Å². The Hall–Kier alpha value is -3.09. The number of halogens is 1. The number of nitrogens with zero attached hydrogens (tertiary/aromatic N) is 1. The van der Waals surface area contributed by atoms with Gasteiger partial charge in [0.2, 0.25) is 0 Å². The van der Waals surface area contributed by atoms with E-state index in [9.17, 15) is 9.18 Å². The van der Waals surface area contributed by atoms with Gasteiger partial charge in [0, 0.05) is 17.2 Å². The summed E-state index contributed by atoms with van der Waals surface area (Å²) in [5.41, 5.74) is 3.08. The summed E-state index contributed by atoms with van der Waals surface area (Å²) >= 11 is 0. The van der Waals surface area contributed by atoms with Gasteiger partial charge in [-0.05, 0) is 24.3 Å². The fourth-order valence-electron chi connectivity index (χ4n) is 2.01. The zero-order valence-electron chi connectivity index (χ0n) is 13.5. The average molecular weight is 332 g/mol. The van der Waals surface area contributed by atoms with Gasteiger partial charge in [0.25, 0.3) is 5.91 Å². The smallest absolute Gasteiger partial charge is 0.271 e. The van der Waals surface area contributed by atoms with Gasteiger partial charge in [-0.15, -0.1) is 0 Å². The van der Waals surface area contributed by atoms with Crippen LogP contribution in [0.4, 0.5) is 4.39 Å². The van der Waals surface area contributed by atoms with Crippen molar-refractivity contribution < 1.29 is 23.4 Å². The number of nitrogens with one attached hydrogen (secondary N) is 1. The maximum absolute atomic E-state index is 13.1. The number of carbonyl (C=O) groups excluding carboxylic acids is 1. The number of rotatable bonds is 6. The molecule has 7 heteroatoms. The van der Waals surface area contributed by atoms with Crippen LogP contribution in [0, 0.1) is 5.82 Å². The van der Waals surface area contributed by atoms with Crippen LogP contribution in [0.2, 0.25) is 0 Å². The van der Waals surface area contributed by atoms with E-state index in [0.29, 0.717) is 22.8 Å². The van der Waals surface area contributed by atoms with Crippen LogP contribution in [0.1, 0.15) is 15.9 Å². The minimum absolute atomic E-state index is 0.173. The van der Waals surface area contributed by atoms with E-state index in [1.807, 2.05) is 0 Å². The Kier molecular flexibility index (Phi) is 5.73. The highest BCUT2D eigenvalue weighted by Crippen LogP contribution is 2.33. The number of methoxy groups -OCH3 is 3. The monoisotopic (exact) mass is 332 g/mol. The lowest BCUT2D eigenvalue weighted by atomic mass is 10.2. The minimum Gasteiger partial charge on any atom is -0.496 e. The molecular formula is C17H17FN2O4. The minimum atomic E-state index is -0.523. The molecule has 2 rings (SSSR count). The van der Waals surface area contributed by atoms with Crippen LogP contribution >= 0.6 is 0 Å². The van der Waals surface area contributed by atoms with Crippen molar-refractivity contribution in [2.45, 2.75) is 0 Å². The van der Waals surface area contributed by atoms with Gasteiger partial charge in [-0.25, -0.2) is 9.82 Å². The van der Waals surface area contributed by atoms with E-state index < -0.39 is 11.7 Å². The number of hydrogen-bond acceptors (Lipinski definition) is 5. The van der Waals surface area contributed by atoms with Crippen molar-refractivity contribution in [3.05, 3.63) is 53.3 Å². The Morgan fingerprint density at radius 1 is 1.04 bits per heavy atom. The average Bonchev–Trinajstić information content (AvgIpc) is 2.61. The van der Waals surface area contributed by atoms with Gasteiger partial charge in [0.05, 0.1) is 27.5 Å². The SMILES string of the molecule is COc1cc(OC)c(OC)cc1/C=N/NC(=O)c1cccc(F)c1. The normalized spacial score (nSPS) is 10.5. The van der Waals surface area contributed by atoms with E-state index >= 15 is 0 Å². The summed E-state index contributed by atoms with van der Waals surface area (Å²) in [6.07, 6.45) is 1.40. The van der Waals surface area contributed by atoms with Crippen molar-refractivity contribution in [3.63, 3.8) is 0 Å². The van der Waals surface area contributed by atoms with E-state index in [-0.39, 0.29) is 5.56 Å². The third-order valence-electron chi connectivity index (χ3n) is 3.19. The first kappa shape index (κ1) is 17.3. The first-order chi connectivity index (χ1) is 11.6. The van der Waals surface area contributed by atoms with Crippen molar-refractivity contribution in [1.29, 1.82) is 0 Å². The molecule has 0 aliphatic heterocycles. The molecule has 0 saturated heterocycles. The maximum atomic E-state index is 13.1. The van der Waals surface area contributed by atoms with E-state index in [1.54, 1.807) is 12.1 Å². The molecule has 0 unspecified atom stereocenters. The summed E-state index contributed by atoms with van der Waals surface area (Å²) in [6.45, 7) is 0. The van der Waals surface area contributed by atoms with Crippen LogP contribution in [0.15, 0.2) is 41.5 Å². The van der Waals surface area contributed by atoms with E-state index in [2.05, 4.69) is 10.5 Å². The van der Waals surface area contributed by atoms with Gasteiger partial charge in [-0.3, -0.25) is 4.79 Å². The Bertz CT molecular complexity index is 762. The molecule has 126 valence electrons. The van der Waals surface area contributed by atoms with Crippen molar-refractivity contribution in [2.24, 2.45) is 5.10 Å². The van der Waals surface area contributed by atoms with Gasteiger partial charge in [-0.2, -0.15) is 5.10 Å². The molecular weight excluding hydrogens is 315 g/mol. The quantitative estimate of drug-likeness (QED) is 0.652. The molecule has 0 aliphatic rings. The van der Waals surface area contributed by atoms with Crippen LogP contribution in [-0.2, 0) is 0 Å². The molecule has 1 amide bonds. The van der Waals surface area contributed by atoms with Crippen LogP contribution in [0.3, 0.4) is 0 Å². The maximum Gasteiger partial charge on any atom is 0.271 e. The van der Waals surface area contributed by atoms with Crippen LogP contribution in [0.25, 0.3) is 0 Å². The number of benzene rings is 2. The summed E-state index contributed by atoms with van der Waals surface area (Å²) in [4.78, 5) is 11.9. The molecule has 0 aromatic heterocycles. The largest absolute Gasteiger partial charge is 0.496 e. The zero-order chi connectivity index (χ0) is 17.5. The third-order valence-corrected chi connectivity index (χ3v) is 3.19. The summed E-state index contributed by atoms with van der Waals surface area (Å²) in [7, 11) is 4.53. The number of ether oxygens (including phenoxy) is 3. The van der Waals surface area contributed by atoms with Crippen molar-refractivity contribution >= 4 is 12.1 Å². The molecule has 6 nitrogen and oxygen atoms in total. The van der Waals surface area contributed by atoms with Crippen LogP contribution in [-0.4, -0.2) is 33.5 Å². The molecule has 0 radical (unpaired) electrons. The lowest BCUT2D eigenvalue weighted by Crippen LogP contribution is -2.17. The highest BCUT2D eigenvalue weighted by atomic mass is 19.1. The van der Waals surface area contributed by atoms with Gasteiger partial charge in [-0.1, -0.05) is 6.07 Å². The highest BCUT2D eigenvalue weighted by Gasteiger charge is 2.11. The summed E-state index contributed by atoms with van der Waals surface area (Å²) in [5, 5.41) is 3.86. The first-order valence-corrected chi connectivity index (χ1v) is 6.98. The van der Waals surface area contributed by atoms with E-state index in [1.165, 1.54) is 45.7 Å². The number of amides is 1. The van der Waals surface area contributed by atoms with Crippen LogP contribution in [0.5, 0.6) is 17.2 Å². The Labute approximate surface area is 138 Å². The molecule has 24 heavy (non-hydrogen) atoms. The van der Waals surface area contributed by atoms with Gasteiger partial charge in [0.1, 0.15) is 11.6 Å². The predicted octanol–water partition coefficient (Wildman–Crippen LogP) is 2.62. The van der Waals surface area contributed by atoms with Crippen molar-refractivity contribution in [3.8, 4) is 17.2 Å². The fraction of sp³-hybridized carbons (Fsp3) is 0.176. The molecule has 0 spiro atoms. The second kappa shape index (κ2) is 7.96. The number of carbonyl (C=O) groups is 1. The summed E-state index contributed by atoms with van der Waals surface area (Å²) in [6, 6.07) is 8.64. The molecule has 0 atom stereocenters. The molecule has 1 N–H and O–H groups in total. The van der Waals surface area contributed by atoms with Crippen molar-refractivity contribution in [1.82, 2.24) is 5.43 Å². The molecule has 2 aromatic carbocycles. The fourth-order valence-corrected chi connectivity index (χ4v) is 2.01. The Morgan fingerprint density at radius 3 is 2.33 bits per heavy atom. The molecule has 0 heterocycles. The van der Waals surface area contributed by atoms with E-state index in [0.717, 1.165) is 6.07 Å². The molecule has 0 fully saturated rings. The molecule has 0 saturated carbocycles. The summed E-state index contributed by atoms with van der Waals surface area (Å²) < 4.78 is 28.8.